The third kappa shape index (κ3) is 6.70. The van der Waals surface area contributed by atoms with E-state index in [-0.39, 0.29) is 29.3 Å². The van der Waals surface area contributed by atoms with Crippen LogP contribution in [0.4, 0.5) is 11.4 Å². The number of amides is 2. The summed E-state index contributed by atoms with van der Waals surface area (Å²) >= 11 is 0. The number of hydrogen-bond acceptors (Lipinski definition) is 2. The van der Waals surface area contributed by atoms with Crippen molar-refractivity contribution in [2.24, 2.45) is 5.92 Å². The number of quaternary nitrogens is 1. The SMILES string of the molecule is CC(=O)Nc1ccc(NC(=O)[C@@H](C)[NH2+][C@H](c2ccc(C(C)(C)C)cc2)C(C)C)cc1. The van der Waals surface area contributed by atoms with E-state index in [4.69, 9.17) is 0 Å². The third-order valence-electron chi connectivity index (χ3n) is 5.26. The number of nitrogens with two attached hydrogens (primary N) is 1. The lowest BCUT2D eigenvalue weighted by molar-refractivity contribution is -0.718. The van der Waals surface area contributed by atoms with Crippen LogP contribution in [-0.2, 0) is 15.0 Å². The largest absolute Gasteiger partial charge is 0.330 e. The molecule has 2 amide bonds. The van der Waals surface area contributed by atoms with Crippen LogP contribution < -0.4 is 16.0 Å². The normalized spacial score (nSPS) is 13.6. The van der Waals surface area contributed by atoms with Crippen molar-refractivity contribution in [1.82, 2.24) is 0 Å². The Morgan fingerprint density at radius 2 is 1.33 bits per heavy atom. The molecule has 0 fully saturated rings. The van der Waals surface area contributed by atoms with Gasteiger partial charge in [0.15, 0.2) is 6.04 Å². The zero-order valence-corrected chi connectivity index (χ0v) is 19.2. The topological polar surface area (TPSA) is 74.8 Å². The molecule has 0 unspecified atom stereocenters. The Balaban J connectivity index is 2.04. The maximum absolute atomic E-state index is 12.7. The first-order chi connectivity index (χ1) is 14.0. The van der Waals surface area contributed by atoms with Gasteiger partial charge < -0.3 is 16.0 Å². The summed E-state index contributed by atoms with van der Waals surface area (Å²) in [4.78, 5) is 23.9. The molecule has 0 radical (unpaired) electrons. The van der Waals surface area contributed by atoms with Crippen molar-refractivity contribution in [3.8, 4) is 0 Å². The first-order valence-corrected chi connectivity index (χ1v) is 10.6. The van der Waals surface area contributed by atoms with Crippen LogP contribution in [0.25, 0.3) is 0 Å². The zero-order chi connectivity index (χ0) is 22.5. The van der Waals surface area contributed by atoms with Gasteiger partial charge in [0.05, 0.1) is 0 Å². The van der Waals surface area contributed by atoms with Gasteiger partial charge in [-0.25, -0.2) is 0 Å². The molecule has 5 nitrogen and oxygen atoms in total. The Labute approximate surface area is 180 Å². The second-order valence-corrected chi connectivity index (χ2v) is 9.37. The number of benzene rings is 2. The van der Waals surface area contributed by atoms with Crippen molar-refractivity contribution in [2.75, 3.05) is 10.6 Å². The Hall–Kier alpha value is -2.66. The fraction of sp³-hybridized carbons (Fsp3) is 0.440. The molecule has 162 valence electrons. The number of hydrogen-bond donors (Lipinski definition) is 3. The maximum Gasteiger partial charge on any atom is 0.282 e. The molecule has 0 aromatic heterocycles. The molecule has 2 aromatic rings. The average Bonchev–Trinajstić information content (AvgIpc) is 2.66. The van der Waals surface area contributed by atoms with E-state index in [9.17, 15) is 9.59 Å². The van der Waals surface area contributed by atoms with Crippen LogP contribution >= 0.6 is 0 Å². The Bertz CT molecular complexity index is 849. The number of carbonyl (C=O) groups excluding carboxylic acids is 2. The smallest absolute Gasteiger partial charge is 0.282 e. The van der Waals surface area contributed by atoms with Crippen LogP contribution in [0.3, 0.4) is 0 Å². The van der Waals surface area contributed by atoms with Gasteiger partial charge in [-0.2, -0.15) is 0 Å². The van der Waals surface area contributed by atoms with Crippen LogP contribution in [0.2, 0.25) is 0 Å². The lowest BCUT2D eigenvalue weighted by Crippen LogP contribution is -2.93. The van der Waals surface area contributed by atoms with Gasteiger partial charge in [-0.15, -0.1) is 0 Å². The summed E-state index contributed by atoms with van der Waals surface area (Å²) in [5.41, 5.74) is 4.08. The number of anilines is 2. The second-order valence-electron chi connectivity index (χ2n) is 9.37. The molecule has 0 saturated heterocycles. The summed E-state index contributed by atoms with van der Waals surface area (Å²) in [6, 6.07) is 15.9. The van der Waals surface area contributed by atoms with E-state index < -0.39 is 0 Å². The van der Waals surface area contributed by atoms with Gasteiger partial charge in [0.2, 0.25) is 5.91 Å². The van der Waals surface area contributed by atoms with Gasteiger partial charge >= 0.3 is 0 Å². The van der Waals surface area contributed by atoms with Gasteiger partial charge in [0.25, 0.3) is 5.91 Å². The summed E-state index contributed by atoms with van der Waals surface area (Å²) in [6.07, 6.45) is 0. The number of rotatable bonds is 7. The molecule has 0 heterocycles. The highest BCUT2D eigenvalue weighted by atomic mass is 16.2. The molecule has 0 aliphatic heterocycles. The van der Waals surface area contributed by atoms with Crippen LogP contribution in [0.15, 0.2) is 48.5 Å². The minimum Gasteiger partial charge on any atom is -0.330 e. The molecule has 5 heteroatoms. The summed E-state index contributed by atoms with van der Waals surface area (Å²) < 4.78 is 0. The first kappa shape index (κ1) is 23.6. The molecule has 2 rings (SSSR count). The van der Waals surface area contributed by atoms with E-state index in [1.165, 1.54) is 18.1 Å². The van der Waals surface area contributed by atoms with Crippen LogP contribution in [0.1, 0.15) is 65.6 Å². The molecule has 2 atom stereocenters. The van der Waals surface area contributed by atoms with Gasteiger partial charge in [0, 0.05) is 29.8 Å². The molecule has 4 N–H and O–H groups in total. The van der Waals surface area contributed by atoms with Gasteiger partial charge in [-0.1, -0.05) is 58.9 Å². The highest BCUT2D eigenvalue weighted by Crippen LogP contribution is 2.25. The standard InChI is InChI=1S/C25H35N3O2/c1-16(2)23(19-8-10-20(11-9-19)25(5,6)7)26-17(3)24(30)28-22-14-12-21(13-15-22)27-18(4)29/h8-17,23,26H,1-7H3,(H,27,29)(H,28,30)/p+1/t17-,23+/m1/s1. The number of nitrogens with one attached hydrogen (secondary N) is 2. The molecule has 0 aliphatic carbocycles. The van der Waals surface area contributed by atoms with E-state index >= 15 is 0 Å². The molecule has 0 spiro atoms. The van der Waals surface area contributed by atoms with Crippen molar-refractivity contribution in [1.29, 1.82) is 0 Å². The average molecular weight is 411 g/mol. The first-order valence-electron chi connectivity index (χ1n) is 10.6. The fourth-order valence-electron chi connectivity index (χ4n) is 3.42. The lowest BCUT2D eigenvalue weighted by atomic mass is 9.85. The highest BCUT2D eigenvalue weighted by molar-refractivity contribution is 5.94. The Morgan fingerprint density at radius 3 is 1.77 bits per heavy atom. The summed E-state index contributed by atoms with van der Waals surface area (Å²) in [6.45, 7) is 14.4. The van der Waals surface area contributed by atoms with E-state index in [2.05, 4.69) is 74.8 Å². The monoisotopic (exact) mass is 410 g/mol. The Kier molecular flexibility index (Phi) is 7.79. The molecule has 0 bridgehead atoms. The zero-order valence-electron chi connectivity index (χ0n) is 19.2. The van der Waals surface area contributed by atoms with Crippen molar-refractivity contribution in [2.45, 2.75) is 66.0 Å². The summed E-state index contributed by atoms with van der Waals surface area (Å²) in [5, 5.41) is 7.82. The molecular formula is C25H36N3O2+. The van der Waals surface area contributed by atoms with E-state index in [0.29, 0.717) is 17.3 Å². The van der Waals surface area contributed by atoms with Crippen LogP contribution in [0, 0.1) is 5.92 Å². The molecule has 2 aromatic carbocycles. The Morgan fingerprint density at radius 1 is 0.833 bits per heavy atom. The van der Waals surface area contributed by atoms with Crippen molar-refractivity contribution in [3.63, 3.8) is 0 Å². The predicted molar refractivity (Wildman–Crippen MR) is 123 cm³/mol. The lowest BCUT2D eigenvalue weighted by Gasteiger charge is -2.25. The maximum atomic E-state index is 12.7. The summed E-state index contributed by atoms with van der Waals surface area (Å²) in [7, 11) is 0. The quantitative estimate of drug-likeness (QED) is 0.639. The molecular weight excluding hydrogens is 374 g/mol. The van der Waals surface area contributed by atoms with Crippen molar-refractivity contribution >= 4 is 23.2 Å². The van der Waals surface area contributed by atoms with Gasteiger partial charge in [-0.05, 0) is 42.2 Å². The molecule has 0 saturated carbocycles. The fourth-order valence-corrected chi connectivity index (χ4v) is 3.42. The van der Waals surface area contributed by atoms with E-state index in [1.54, 1.807) is 24.3 Å². The molecule has 30 heavy (non-hydrogen) atoms. The summed E-state index contributed by atoms with van der Waals surface area (Å²) in [5.74, 6) is 0.224. The van der Waals surface area contributed by atoms with Crippen LogP contribution in [-0.4, -0.2) is 17.9 Å². The predicted octanol–water partition coefficient (Wildman–Crippen LogP) is 4.23. The third-order valence-corrected chi connectivity index (χ3v) is 5.26. The second kappa shape index (κ2) is 9.90. The van der Waals surface area contributed by atoms with Crippen molar-refractivity contribution < 1.29 is 14.9 Å². The molecule has 0 aliphatic rings. The minimum atomic E-state index is -0.241. The van der Waals surface area contributed by atoms with Gasteiger partial charge in [-0.3, -0.25) is 9.59 Å². The number of carbonyl (C=O) groups is 2. The van der Waals surface area contributed by atoms with Gasteiger partial charge in [0.1, 0.15) is 6.04 Å². The van der Waals surface area contributed by atoms with Crippen molar-refractivity contribution in [3.05, 3.63) is 59.7 Å². The van der Waals surface area contributed by atoms with E-state index in [0.717, 1.165) is 0 Å². The van der Waals surface area contributed by atoms with Crippen LogP contribution in [0.5, 0.6) is 0 Å². The highest BCUT2D eigenvalue weighted by Gasteiger charge is 2.26. The van der Waals surface area contributed by atoms with E-state index in [1.807, 2.05) is 6.92 Å². The minimum absolute atomic E-state index is 0.0424.